The molecule has 2 unspecified atom stereocenters. The molecule has 1 aliphatic rings. The Morgan fingerprint density at radius 1 is 0.913 bits per heavy atom. The quantitative estimate of drug-likeness (QED) is 0.163. The molecule has 0 fully saturated rings. The number of hydrogen-bond donors (Lipinski definition) is 4. The second-order valence-electron chi connectivity index (χ2n) is 11.5. The second-order valence-corrected chi connectivity index (χ2v) is 11.5. The average Bonchev–Trinajstić information content (AvgIpc) is 3.54. The summed E-state index contributed by atoms with van der Waals surface area (Å²) in [5.74, 6) is -0.551. The lowest BCUT2D eigenvalue weighted by Gasteiger charge is -2.28. The first-order valence-electron chi connectivity index (χ1n) is 15.4. The number of benzene rings is 4. The summed E-state index contributed by atoms with van der Waals surface area (Å²) in [6.45, 7) is 1.66. The third-order valence-electron chi connectivity index (χ3n) is 8.35. The largest absolute Gasteiger partial charge is 0.492 e. The Bertz CT molecular complexity index is 1790. The summed E-state index contributed by atoms with van der Waals surface area (Å²) in [5, 5.41) is 15.7. The molecule has 6 rings (SSSR count). The molecule has 2 amide bonds. The van der Waals surface area contributed by atoms with Crippen molar-refractivity contribution in [2.75, 3.05) is 6.61 Å². The van der Waals surface area contributed by atoms with Crippen LogP contribution in [0.4, 0.5) is 0 Å². The molecule has 2 atom stereocenters. The van der Waals surface area contributed by atoms with Crippen molar-refractivity contribution in [1.82, 2.24) is 20.2 Å². The zero-order valence-corrected chi connectivity index (χ0v) is 25.4. The van der Waals surface area contributed by atoms with Crippen molar-refractivity contribution in [3.63, 3.8) is 0 Å². The van der Waals surface area contributed by atoms with E-state index in [0.29, 0.717) is 31.0 Å². The number of nitrogens with zero attached hydrogens (tertiary/aromatic N) is 2. The Kier molecular flexibility index (Phi) is 9.52. The topological polar surface area (TPSA) is 132 Å². The number of nitrogens with one attached hydrogen (secondary N) is 2. The molecule has 9 nitrogen and oxygen atoms in total. The summed E-state index contributed by atoms with van der Waals surface area (Å²) in [5.41, 5.74) is 13.1. The predicted octanol–water partition coefficient (Wildman–Crippen LogP) is 4.53. The zero-order chi connectivity index (χ0) is 31.9. The number of para-hydroxylation sites is 1. The normalized spacial score (nSPS) is 14.6. The number of imidazole rings is 1. The van der Waals surface area contributed by atoms with Gasteiger partial charge in [0.25, 0.3) is 5.91 Å². The van der Waals surface area contributed by atoms with Crippen LogP contribution >= 0.6 is 0 Å². The Balaban J connectivity index is 1.11. The first kappa shape index (κ1) is 30.8. The molecule has 0 bridgehead atoms. The van der Waals surface area contributed by atoms with Crippen molar-refractivity contribution < 1.29 is 19.4 Å². The van der Waals surface area contributed by atoms with Gasteiger partial charge in [-0.05, 0) is 33.9 Å². The average molecular weight is 616 g/mol. The fourth-order valence-corrected chi connectivity index (χ4v) is 5.79. The lowest BCUT2D eigenvalue weighted by molar-refractivity contribution is -0.119. The molecule has 9 heteroatoms. The SMILES string of the molecule is NC(=O)C(Cc1ccc(CO)cc1)NC(=O)c1cccc2c1OCCC2NCc1cncn1Cc1ccc(-c2ccccc2)cc1. The van der Waals surface area contributed by atoms with E-state index in [9.17, 15) is 14.7 Å². The Hall–Kier alpha value is -5.25. The van der Waals surface area contributed by atoms with Crippen LogP contribution in [0.2, 0.25) is 0 Å². The standard InChI is InChI=1S/C37H37N5O4/c38-36(44)34(19-25-9-11-27(23-43)12-10-25)41-37(45)32-8-4-7-31-33(17-18-46-35(31)32)40-21-30-20-39-24-42(30)22-26-13-15-29(16-14-26)28-5-2-1-3-6-28/h1-16,20,24,33-34,40,43H,17-19,21-23H2,(H2,38,44)(H,41,45). The first-order valence-corrected chi connectivity index (χ1v) is 15.4. The minimum atomic E-state index is -0.907. The summed E-state index contributed by atoms with van der Waals surface area (Å²) in [6, 6.07) is 30.6. The van der Waals surface area contributed by atoms with E-state index in [2.05, 4.69) is 56.6 Å². The first-order chi connectivity index (χ1) is 22.5. The van der Waals surface area contributed by atoms with Gasteiger partial charge in [-0.3, -0.25) is 9.59 Å². The molecule has 0 aliphatic carbocycles. The molecule has 46 heavy (non-hydrogen) atoms. The van der Waals surface area contributed by atoms with Crippen LogP contribution in [-0.4, -0.2) is 39.1 Å². The van der Waals surface area contributed by atoms with Crippen LogP contribution in [0.15, 0.2) is 110 Å². The molecule has 0 spiro atoms. The molecule has 5 aromatic rings. The van der Waals surface area contributed by atoms with Gasteiger partial charge >= 0.3 is 0 Å². The van der Waals surface area contributed by atoms with Gasteiger partial charge in [-0.25, -0.2) is 4.98 Å². The molecule has 2 heterocycles. The number of carbonyl (C=O) groups is 2. The monoisotopic (exact) mass is 615 g/mol. The van der Waals surface area contributed by atoms with Gasteiger partial charge in [-0.1, -0.05) is 91.0 Å². The van der Waals surface area contributed by atoms with E-state index < -0.39 is 17.9 Å². The number of fused-ring (bicyclic) bond motifs is 1. The number of carbonyl (C=O) groups excluding carboxylic acids is 2. The van der Waals surface area contributed by atoms with Gasteiger partial charge in [0, 0.05) is 43.7 Å². The minimum Gasteiger partial charge on any atom is -0.492 e. The molecule has 0 saturated heterocycles. The van der Waals surface area contributed by atoms with E-state index in [1.807, 2.05) is 55.0 Å². The third kappa shape index (κ3) is 7.17. The lowest BCUT2D eigenvalue weighted by Crippen LogP contribution is -2.46. The van der Waals surface area contributed by atoms with Crippen LogP contribution in [0.1, 0.15) is 50.8 Å². The predicted molar refractivity (Wildman–Crippen MR) is 176 cm³/mol. The zero-order valence-electron chi connectivity index (χ0n) is 25.4. The molecule has 234 valence electrons. The summed E-state index contributed by atoms with van der Waals surface area (Å²) in [7, 11) is 0. The van der Waals surface area contributed by atoms with Crippen LogP contribution in [0.25, 0.3) is 11.1 Å². The number of rotatable bonds is 12. The highest BCUT2D eigenvalue weighted by molar-refractivity contribution is 6.00. The molecule has 1 aromatic heterocycles. The summed E-state index contributed by atoms with van der Waals surface area (Å²) in [4.78, 5) is 30.1. The van der Waals surface area contributed by atoms with Crippen molar-refractivity contribution in [3.8, 4) is 16.9 Å². The maximum absolute atomic E-state index is 13.4. The van der Waals surface area contributed by atoms with E-state index >= 15 is 0 Å². The minimum absolute atomic E-state index is 0.0398. The molecule has 5 N–H and O–H groups in total. The lowest BCUT2D eigenvalue weighted by atomic mass is 9.96. The highest BCUT2D eigenvalue weighted by Crippen LogP contribution is 2.35. The molecular formula is C37H37N5O4. The number of aromatic nitrogens is 2. The van der Waals surface area contributed by atoms with Crippen molar-refractivity contribution in [3.05, 3.63) is 143 Å². The Morgan fingerprint density at radius 3 is 2.37 bits per heavy atom. The van der Waals surface area contributed by atoms with Crippen molar-refractivity contribution in [2.45, 2.75) is 44.6 Å². The fraction of sp³-hybridized carbons (Fsp3) is 0.216. The molecule has 4 aromatic carbocycles. The number of hydrogen-bond acceptors (Lipinski definition) is 6. The maximum atomic E-state index is 13.4. The molecule has 0 radical (unpaired) electrons. The number of primary amides is 1. The number of amides is 2. The molecular weight excluding hydrogens is 578 g/mol. The molecule has 0 saturated carbocycles. The summed E-state index contributed by atoms with van der Waals surface area (Å²) < 4.78 is 8.15. The van der Waals surface area contributed by atoms with E-state index in [-0.39, 0.29) is 19.1 Å². The number of aliphatic hydroxyl groups excluding tert-OH is 1. The Morgan fingerprint density at radius 2 is 1.63 bits per heavy atom. The highest BCUT2D eigenvalue weighted by atomic mass is 16.5. The van der Waals surface area contributed by atoms with Gasteiger partial charge in [0.1, 0.15) is 11.8 Å². The van der Waals surface area contributed by atoms with Crippen molar-refractivity contribution in [1.29, 1.82) is 0 Å². The van der Waals surface area contributed by atoms with Gasteiger partial charge in [-0.15, -0.1) is 0 Å². The van der Waals surface area contributed by atoms with Gasteiger partial charge < -0.3 is 30.8 Å². The highest BCUT2D eigenvalue weighted by Gasteiger charge is 2.28. The number of aliphatic hydroxyl groups is 1. The van der Waals surface area contributed by atoms with E-state index in [1.165, 1.54) is 16.7 Å². The van der Waals surface area contributed by atoms with Crippen LogP contribution in [-0.2, 0) is 30.9 Å². The van der Waals surface area contributed by atoms with Gasteiger partial charge in [0.15, 0.2) is 0 Å². The summed E-state index contributed by atoms with van der Waals surface area (Å²) in [6.07, 6.45) is 4.69. The second kappa shape index (κ2) is 14.2. The van der Waals surface area contributed by atoms with Gasteiger partial charge in [-0.2, -0.15) is 0 Å². The van der Waals surface area contributed by atoms with Crippen molar-refractivity contribution in [2.24, 2.45) is 5.73 Å². The number of nitrogens with two attached hydrogens (primary N) is 1. The van der Waals surface area contributed by atoms with Crippen molar-refractivity contribution >= 4 is 11.8 Å². The maximum Gasteiger partial charge on any atom is 0.255 e. The van der Waals surface area contributed by atoms with Gasteiger partial charge in [0.05, 0.1) is 30.8 Å². The van der Waals surface area contributed by atoms with Crippen LogP contribution in [0, 0.1) is 0 Å². The van der Waals surface area contributed by atoms with Gasteiger partial charge in [0.2, 0.25) is 5.91 Å². The van der Waals surface area contributed by atoms with E-state index in [4.69, 9.17) is 10.5 Å². The van der Waals surface area contributed by atoms with Crippen LogP contribution in [0.3, 0.4) is 0 Å². The van der Waals surface area contributed by atoms with E-state index in [1.54, 1.807) is 18.2 Å². The van der Waals surface area contributed by atoms with E-state index in [0.717, 1.165) is 28.8 Å². The fourth-order valence-electron chi connectivity index (χ4n) is 5.79. The van der Waals surface area contributed by atoms with Crippen LogP contribution < -0.4 is 21.1 Å². The third-order valence-corrected chi connectivity index (χ3v) is 8.35. The Labute approximate surface area is 268 Å². The summed E-state index contributed by atoms with van der Waals surface area (Å²) >= 11 is 0. The number of ether oxygens (including phenoxy) is 1. The molecule has 1 aliphatic heterocycles. The van der Waals surface area contributed by atoms with Crippen LogP contribution in [0.5, 0.6) is 5.75 Å². The smallest absolute Gasteiger partial charge is 0.255 e.